The molecule has 0 spiro atoms. The highest BCUT2D eigenvalue weighted by atomic mass is 35.5. The van der Waals surface area contributed by atoms with Crippen LogP contribution in [0.1, 0.15) is 33.3 Å². The van der Waals surface area contributed by atoms with Gasteiger partial charge in [-0.15, -0.1) is 0 Å². The number of benzene rings is 1. The van der Waals surface area contributed by atoms with Crippen LogP contribution in [0.3, 0.4) is 0 Å². The second-order valence-corrected chi connectivity index (χ2v) is 7.42. The van der Waals surface area contributed by atoms with Crippen molar-refractivity contribution in [2.24, 2.45) is 0 Å². The Kier molecular flexibility index (Phi) is 4.24. The van der Waals surface area contributed by atoms with E-state index in [0.717, 1.165) is 31.1 Å². The van der Waals surface area contributed by atoms with E-state index in [9.17, 15) is 0 Å². The summed E-state index contributed by atoms with van der Waals surface area (Å²) in [5, 5.41) is 4.52. The smallest absolute Gasteiger partial charge is 0.0406 e. The van der Waals surface area contributed by atoms with E-state index in [-0.39, 0.29) is 11.1 Å². The van der Waals surface area contributed by atoms with Crippen LogP contribution in [0, 0.1) is 0 Å². The maximum atomic E-state index is 5.92. The van der Waals surface area contributed by atoms with Gasteiger partial charge in [0.15, 0.2) is 0 Å². The highest BCUT2D eigenvalue weighted by molar-refractivity contribution is 6.30. The Morgan fingerprint density at radius 1 is 1.05 bits per heavy atom. The van der Waals surface area contributed by atoms with Crippen molar-refractivity contribution in [2.45, 2.75) is 45.2 Å². The summed E-state index contributed by atoms with van der Waals surface area (Å²) < 4.78 is 0. The Labute approximate surface area is 122 Å². The molecular weight excluding hydrogens is 256 g/mol. The first-order chi connectivity index (χ1) is 8.76. The van der Waals surface area contributed by atoms with E-state index in [4.69, 9.17) is 11.6 Å². The number of halogens is 1. The summed E-state index contributed by atoms with van der Waals surface area (Å²) in [6.07, 6.45) is 1.09. The fraction of sp³-hybridized carbons (Fsp3) is 0.625. The zero-order chi connectivity index (χ0) is 14.1. The maximum absolute atomic E-state index is 5.92. The number of piperazine rings is 1. The largest absolute Gasteiger partial charge is 0.304 e. The van der Waals surface area contributed by atoms with Gasteiger partial charge in [0.2, 0.25) is 0 Å². The van der Waals surface area contributed by atoms with Crippen LogP contribution in [-0.2, 0) is 6.42 Å². The lowest BCUT2D eigenvalue weighted by atomic mass is 9.91. The van der Waals surface area contributed by atoms with Crippen molar-refractivity contribution in [3.05, 3.63) is 34.9 Å². The second kappa shape index (κ2) is 5.43. The van der Waals surface area contributed by atoms with Crippen molar-refractivity contribution in [3.8, 4) is 0 Å². The topological polar surface area (TPSA) is 15.3 Å². The van der Waals surface area contributed by atoms with Crippen molar-refractivity contribution in [3.63, 3.8) is 0 Å². The Bertz CT molecular complexity index is 407. The Morgan fingerprint density at radius 3 is 2.11 bits per heavy atom. The van der Waals surface area contributed by atoms with Crippen LogP contribution in [0.15, 0.2) is 24.3 Å². The quantitative estimate of drug-likeness (QED) is 0.913. The van der Waals surface area contributed by atoms with Crippen LogP contribution in [0.2, 0.25) is 5.02 Å². The molecule has 1 N–H and O–H groups in total. The molecule has 2 nitrogen and oxygen atoms in total. The SMILES string of the molecule is CC1(C)CN(CCc2ccc(Cl)cc2)CC(C)(C)N1. The average Bonchev–Trinajstić information content (AvgIpc) is 2.24. The predicted molar refractivity (Wildman–Crippen MR) is 82.9 cm³/mol. The molecule has 1 heterocycles. The lowest BCUT2D eigenvalue weighted by Gasteiger charge is -2.48. The van der Waals surface area contributed by atoms with E-state index in [2.05, 4.69) is 50.0 Å². The Balaban J connectivity index is 1.93. The Hall–Kier alpha value is -0.570. The first kappa shape index (κ1) is 14.8. The molecule has 0 amide bonds. The molecule has 1 saturated heterocycles. The van der Waals surface area contributed by atoms with E-state index in [1.807, 2.05) is 12.1 Å². The average molecular weight is 281 g/mol. The summed E-state index contributed by atoms with van der Waals surface area (Å²) in [5.41, 5.74) is 1.72. The minimum absolute atomic E-state index is 0.182. The summed E-state index contributed by atoms with van der Waals surface area (Å²) >= 11 is 5.92. The third kappa shape index (κ3) is 4.48. The summed E-state index contributed by atoms with van der Waals surface area (Å²) in [6.45, 7) is 12.4. The van der Waals surface area contributed by atoms with Gasteiger partial charge < -0.3 is 5.32 Å². The number of nitrogens with zero attached hydrogens (tertiary/aromatic N) is 1. The van der Waals surface area contributed by atoms with Crippen molar-refractivity contribution in [1.29, 1.82) is 0 Å². The third-order valence-corrected chi connectivity index (χ3v) is 3.80. The third-order valence-electron chi connectivity index (χ3n) is 3.54. The molecule has 106 valence electrons. The molecule has 2 rings (SSSR count). The highest BCUT2D eigenvalue weighted by Crippen LogP contribution is 2.21. The van der Waals surface area contributed by atoms with Crippen molar-refractivity contribution < 1.29 is 0 Å². The molecule has 0 bridgehead atoms. The summed E-state index contributed by atoms with van der Waals surface area (Å²) in [7, 11) is 0. The zero-order valence-electron chi connectivity index (χ0n) is 12.5. The van der Waals surface area contributed by atoms with E-state index in [1.54, 1.807) is 0 Å². The van der Waals surface area contributed by atoms with Crippen LogP contribution in [0.5, 0.6) is 0 Å². The molecule has 1 fully saturated rings. The van der Waals surface area contributed by atoms with Gasteiger partial charge in [-0.25, -0.2) is 0 Å². The highest BCUT2D eigenvalue weighted by Gasteiger charge is 2.35. The van der Waals surface area contributed by atoms with Gasteiger partial charge in [-0.2, -0.15) is 0 Å². The maximum Gasteiger partial charge on any atom is 0.0406 e. The molecule has 0 unspecified atom stereocenters. The van der Waals surface area contributed by atoms with Gasteiger partial charge in [-0.05, 0) is 51.8 Å². The number of hydrogen-bond donors (Lipinski definition) is 1. The van der Waals surface area contributed by atoms with Crippen LogP contribution in [0.4, 0.5) is 0 Å². The zero-order valence-corrected chi connectivity index (χ0v) is 13.2. The van der Waals surface area contributed by atoms with Crippen LogP contribution < -0.4 is 5.32 Å². The number of nitrogens with one attached hydrogen (secondary N) is 1. The van der Waals surface area contributed by atoms with Gasteiger partial charge >= 0.3 is 0 Å². The molecule has 19 heavy (non-hydrogen) atoms. The van der Waals surface area contributed by atoms with Crippen LogP contribution >= 0.6 is 11.6 Å². The van der Waals surface area contributed by atoms with Gasteiger partial charge in [0.05, 0.1) is 0 Å². The first-order valence-corrected chi connectivity index (χ1v) is 7.40. The van der Waals surface area contributed by atoms with E-state index < -0.39 is 0 Å². The molecule has 1 aliphatic rings. The van der Waals surface area contributed by atoms with Gasteiger partial charge in [0.25, 0.3) is 0 Å². The van der Waals surface area contributed by atoms with Crippen LogP contribution in [-0.4, -0.2) is 35.6 Å². The van der Waals surface area contributed by atoms with Crippen molar-refractivity contribution >= 4 is 11.6 Å². The molecule has 0 saturated carbocycles. The molecule has 0 atom stereocenters. The standard InChI is InChI=1S/C16H25ClN2/c1-15(2)11-19(12-16(3,4)18-15)10-9-13-5-7-14(17)8-6-13/h5-8,18H,9-12H2,1-4H3. The molecule has 1 aromatic rings. The minimum atomic E-state index is 0.182. The molecule has 3 heteroatoms. The molecule has 0 aliphatic carbocycles. The molecular formula is C16H25ClN2. The second-order valence-electron chi connectivity index (χ2n) is 6.98. The fourth-order valence-corrected chi connectivity index (χ4v) is 3.39. The molecule has 0 radical (unpaired) electrons. The van der Waals surface area contributed by atoms with Crippen LogP contribution in [0.25, 0.3) is 0 Å². The van der Waals surface area contributed by atoms with Crippen molar-refractivity contribution in [1.82, 2.24) is 10.2 Å². The summed E-state index contributed by atoms with van der Waals surface area (Å²) in [4.78, 5) is 2.56. The van der Waals surface area contributed by atoms with Gasteiger partial charge in [-0.1, -0.05) is 23.7 Å². The summed E-state index contributed by atoms with van der Waals surface area (Å²) in [6, 6.07) is 8.20. The first-order valence-electron chi connectivity index (χ1n) is 7.02. The van der Waals surface area contributed by atoms with Gasteiger partial charge in [0, 0.05) is 35.7 Å². The van der Waals surface area contributed by atoms with Gasteiger partial charge in [0.1, 0.15) is 0 Å². The van der Waals surface area contributed by atoms with E-state index >= 15 is 0 Å². The number of hydrogen-bond acceptors (Lipinski definition) is 2. The Morgan fingerprint density at radius 2 is 1.58 bits per heavy atom. The van der Waals surface area contributed by atoms with Crippen molar-refractivity contribution in [2.75, 3.05) is 19.6 Å². The molecule has 0 aromatic heterocycles. The van der Waals surface area contributed by atoms with Gasteiger partial charge in [-0.3, -0.25) is 4.90 Å². The minimum Gasteiger partial charge on any atom is -0.304 e. The molecule has 1 aromatic carbocycles. The number of rotatable bonds is 3. The lowest BCUT2D eigenvalue weighted by molar-refractivity contribution is 0.0792. The monoisotopic (exact) mass is 280 g/mol. The lowest BCUT2D eigenvalue weighted by Crippen LogP contribution is -2.66. The fourth-order valence-electron chi connectivity index (χ4n) is 3.27. The van der Waals surface area contributed by atoms with E-state index in [0.29, 0.717) is 0 Å². The predicted octanol–water partition coefficient (Wildman–Crippen LogP) is 3.34. The summed E-state index contributed by atoms with van der Waals surface area (Å²) in [5.74, 6) is 0. The molecule has 1 aliphatic heterocycles. The van der Waals surface area contributed by atoms with E-state index in [1.165, 1.54) is 5.56 Å². The normalized spacial score (nSPS) is 22.4.